The van der Waals surface area contributed by atoms with Crippen molar-refractivity contribution in [3.8, 4) is 0 Å². The molecule has 0 amide bonds. The van der Waals surface area contributed by atoms with Crippen LogP contribution in [-0.4, -0.2) is 96.7 Å². The van der Waals surface area contributed by atoms with E-state index in [0.717, 1.165) is 161 Å². The van der Waals surface area contributed by atoms with E-state index >= 15 is 0 Å². The molecule has 0 rings (SSSR count). The van der Waals surface area contributed by atoms with Crippen LogP contribution in [0.25, 0.3) is 0 Å². The molecule has 0 aliphatic carbocycles. The Morgan fingerprint density at radius 2 is 0.570 bits per heavy atom. The summed E-state index contributed by atoms with van der Waals surface area (Å²) in [6, 6.07) is 0. The van der Waals surface area contributed by atoms with E-state index in [0.29, 0.717) is 25.7 Å². The number of carbonyl (C=O) groups excluding carboxylic acids is 4. The van der Waals surface area contributed by atoms with Crippen molar-refractivity contribution in [3.05, 3.63) is 122 Å². The molecule has 0 radical (unpaired) electrons. The molecular weight excluding hydrogens is 1310 g/mol. The summed E-state index contributed by atoms with van der Waals surface area (Å²) < 4.78 is 68.3. The SMILES string of the molecule is CC/C=C\C/C=C\C/C=C\C/C=C\C/C=C\CC(=O)OC(COC(=O)CCCCCCCC/C=C\C/C=C\C/C=C\CCCCC)COP(=O)(O)OCC(O)COP(=O)(O)OCC(COC(=O)CCCCCCC/C=C\CCCCCCCC)OC(=O)CCCCCCC/C=C\CCCC. The van der Waals surface area contributed by atoms with Gasteiger partial charge in [0.15, 0.2) is 12.2 Å². The van der Waals surface area contributed by atoms with Gasteiger partial charge in [0, 0.05) is 19.3 Å². The molecule has 0 spiro atoms. The minimum atomic E-state index is -5.00. The van der Waals surface area contributed by atoms with Gasteiger partial charge in [0.2, 0.25) is 0 Å². The van der Waals surface area contributed by atoms with E-state index < -0.39 is 97.5 Å². The molecule has 0 aromatic heterocycles. The second kappa shape index (κ2) is 72.8. The van der Waals surface area contributed by atoms with E-state index in [2.05, 4.69) is 125 Å². The minimum absolute atomic E-state index is 0.0792. The summed E-state index contributed by atoms with van der Waals surface area (Å²) in [4.78, 5) is 72.8. The maximum Gasteiger partial charge on any atom is 0.472 e. The van der Waals surface area contributed by atoms with Gasteiger partial charge in [-0.1, -0.05) is 271 Å². The molecule has 0 bridgehead atoms. The zero-order chi connectivity index (χ0) is 73.2. The van der Waals surface area contributed by atoms with Gasteiger partial charge < -0.3 is 33.8 Å². The van der Waals surface area contributed by atoms with Crippen LogP contribution in [0, 0.1) is 0 Å². The number of allylic oxidation sites excluding steroid dienone is 19. The fourth-order valence-electron chi connectivity index (χ4n) is 9.98. The predicted octanol–water partition coefficient (Wildman–Crippen LogP) is 22.3. The van der Waals surface area contributed by atoms with Gasteiger partial charge in [-0.25, -0.2) is 9.13 Å². The highest BCUT2D eigenvalue weighted by atomic mass is 31.2. The first-order valence-electron chi connectivity index (χ1n) is 38.8. The molecule has 0 fully saturated rings. The molecule has 0 aromatic carbocycles. The van der Waals surface area contributed by atoms with Crippen LogP contribution in [0.1, 0.15) is 310 Å². The molecule has 0 aliphatic heterocycles. The van der Waals surface area contributed by atoms with Crippen LogP contribution in [-0.2, 0) is 65.4 Å². The smallest absolute Gasteiger partial charge is 0.462 e. The van der Waals surface area contributed by atoms with E-state index in [1.165, 1.54) is 70.6 Å². The highest BCUT2D eigenvalue weighted by Gasteiger charge is 2.30. The molecule has 19 heteroatoms. The normalized spacial score (nSPS) is 14.6. The number of hydrogen-bond acceptors (Lipinski definition) is 15. The van der Waals surface area contributed by atoms with Crippen molar-refractivity contribution in [1.82, 2.24) is 0 Å². The fraction of sp³-hybridized carbons (Fsp3) is 0.704. The fourth-order valence-corrected chi connectivity index (χ4v) is 11.6. The number of carbonyl (C=O) groups is 4. The first-order valence-corrected chi connectivity index (χ1v) is 41.8. The van der Waals surface area contributed by atoms with E-state index in [9.17, 15) is 43.2 Å². The van der Waals surface area contributed by atoms with E-state index in [-0.39, 0.29) is 25.7 Å². The van der Waals surface area contributed by atoms with Crippen LogP contribution in [0.2, 0.25) is 0 Å². The third kappa shape index (κ3) is 71.8. The van der Waals surface area contributed by atoms with Crippen LogP contribution in [0.15, 0.2) is 122 Å². The summed E-state index contributed by atoms with van der Waals surface area (Å²) in [5.74, 6) is -2.35. The Labute approximate surface area is 606 Å². The van der Waals surface area contributed by atoms with Gasteiger partial charge in [0.1, 0.15) is 19.3 Å². The summed E-state index contributed by atoms with van der Waals surface area (Å²) in [6.07, 6.45) is 79.4. The molecule has 0 saturated heterocycles. The zero-order valence-corrected chi connectivity index (χ0v) is 64.4. The molecule has 0 heterocycles. The molecular formula is C81H138O17P2. The molecule has 0 aliphatic rings. The summed E-state index contributed by atoms with van der Waals surface area (Å²) >= 11 is 0. The Hall–Kier alpha value is -4.54. The molecule has 5 atom stereocenters. The number of unbranched alkanes of at least 4 members (excludes halogenated alkanes) is 27. The second-order valence-electron chi connectivity index (χ2n) is 25.6. The lowest BCUT2D eigenvalue weighted by Gasteiger charge is -2.21. The monoisotopic (exact) mass is 1440 g/mol. The van der Waals surface area contributed by atoms with E-state index in [4.69, 9.17) is 37.0 Å². The summed E-state index contributed by atoms with van der Waals surface area (Å²) in [7, 11) is -9.99. The highest BCUT2D eigenvalue weighted by Crippen LogP contribution is 2.45. The molecule has 17 nitrogen and oxygen atoms in total. The van der Waals surface area contributed by atoms with Crippen LogP contribution >= 0.6 is 15.6 Å². The second-order valence-corrected chi connectivity index (χ2v) is 28.5. The Bertz CT molecular complexity index is 2370. The number of aliphatic hydroxyl groups is 1. The Morgan fingerprint density at radius 3 is 0.950 bits per heavy atom. The van der Waals surface area contributed by atoms with Crippen LogP contribution in [0.4, 0.5) is 0 Å². The van der Waals surface area contributed by atoms with Gasteiger partial charge in [-0.3, -0.25) is 37.3 Å². The summed E-state index contributed by atoms with van der Waals surface area (Å²) in [5, 5.41) is 10.6. The highest BCUT2D eigenvalue weighted by molar-refractivity contribution is 7.47. The van der Waals surface area contributed by atoms with Crippen molar-refractivity contribution < 1.29 is 80.2 Å². The first kappa shape index (κ1) is 95.5. The molecule has 574 valence electrons. The standard InChI is InChI=1S/C81H138O17P2/c1-5-9-13-17-21-25-29-32-35-36-37-38-41-43-47-50-54-58-62-66-79(84)92-72-77(98-81(86)68-64-60-56-52-48-44-40-34-31-27-23-19-15-11-7-3)74-96-100(89,90)94-70-75(82)69-93-99(87,88)95-73-76(97-80(85)67-63-59-55-51-45-28-24-20-16-12-8-4)71-91-78(83)65-61-57-53-49-46-42-39-33-30-26-22-18-14-10-6-2/h11,15,20-21,23-25,27,32-35,37-40,48,52,60,64,75-77,82H,5-10,12-14,16-19,22,26,28-31,36,41-47,49-51,53-59,61-63,65-74H2,1-4H3,(H,87,88)(H,89,90)/b15-11-,24-20-,25-21-,27-23-,35-32-,38-37-,39-33-,40-34-,52-48-,64-60-. The molecule has 5 unspecified atom stereocenters. The Morgan fingerprint density at radius 1 is 0.300 bits per heavy atom. The number of rotatable bonds is 72. The van der Waals surface area contributed by atoms with Gasteiger partial charge in [-0.2, -0.15) is 0 Å². The van der Waals surface area contributed by atoms with E-state index in [1.54, 1.807) is 12.2 Å². The van der Waals surface area contributed by atoms with Gasteiger partial charge in [-0.15, -0.1) is 0 Å². The van der Waals surface area contributed by atoms with Crippen molar-refractivity contribution in [2.75, 3.05) is 39.6 Å². The quantitative estimate of drug-likeness (QED) is 0.0169. The predicted molar refractivity (Wildman–Crippen MR) is 408 cm³/mol. The minimum Gasteiger partial charge on any atom is -0.462 e. The topological polar surface area (TPSA) is 237 Å². The van der Waals surface area contributed by atoms with Crippen LogP contribution in [0.5, 0.6) is 0 Å². The maximum absolute atomic E-state index is 13.1. The zero-order valence-electron chi connectivity index (χ0n) is 62.6. The van der Waals surface area contributed by atoms with Gasteiger partial charge in [0.25, 0.3) is 0 Å². The first-order chi connectivity index (χ1) is 48.7. The maximum atomic E-state index is 13.1. The van der Waals surface area contributed by atoms with Crippen LogP contribution < -0.4 is 0 Å². The average Bonchev–Trinajstić information content (AvgIpc) is 0.926. The number of hydrogen-bond donors (Lipinski definition) is 3. The van der Waals surface area contributed by atoms with Gasteiger partial charge in [0.05, 0.1) is 32.8 Å². The van der Waals surface area contributed by atoms with Crippen LogP contribution in [0.3, 0.4) is 0 Å². The largest absolute Gasteiger partial charge is 0.472 e. The number of phosphoric ester groups is 2. The number of phosphoric acid groups is 2. The molecule has 0 aromatic rings. The van der Waals surface area contributed by atoms with E-state index in [1.807, 2.05) is 12.2 Å². The lowest BCUT2D eigenvalue weighted by molar-refractivity contribution is -0.161. The van der Waals surface area contributed by atoms with Gasteiger partial charge >= 0.3 is 39.5 Å². The van der Waals surface area contributed by atoms with Crippen molar-refractivity contribution in [3.63, 3.8) is 0 Å². The lowest BCUT2D eigenvalue weighted by atomic mass is 10.1. The molecule has 100 heavy (non-hydrogen) atoms. The molecule has 3 N–H and O–H groups in total. The van der Waals surface area contributed by atoms with Crippen molar-refractivity contribution in [2.24, 2.45) is 0 Å². The lowest BCUT2D eigenvalue weighted by Crippen LogP contribution is -2.30. The Balaban J connectivity index is 5.40. The van der Waals surface area contributed by atoms with Crippen molar-refractivity contribution in [1.29, 1.82) is 0 Å². The summed E-state index contributed by atoms with van der Waals surface area (Å²) in [5.41, 5.74) is 0. The van der Waals surface area contributed by atoms with Crippen molar-refractivity contribution in [2.45, 2.75) is 329 Å². The van der Waals surface area contributed by atoms with Gasteiger partial charge in [-0.05, 0) is 135 Å². The number of aliphatic hydroxyl groups excluding tert-OH is 1. The number of ether oxygens (including phenoxy) is 4. The third-order valence-corrected chi connectivity index (χ3v) is 17.8. The third-order valence-electron chi connectivity index (χ3n) is 15.9. The summed E-state index contributed by atoms with van der Waals surface area (Å²) in [6.45, 7) is 4.54. The number of esters is 4. The Kier molecular flexibility index (Phi) is 69.5. The average molecular weight is 1450 g/mol. The van der Waals surface area contributed by atoms with Crippen molar-refractivity contribution >= 4 is 39.5 Å². The molecule has 0 saturated carbocycles.